The molecule has 0 unspecified atom stereocenters. The average Bonchev–Trinajstić information content (AvgIpc) is 2.88. The van der Waals surface area contributed by atoms with Crippen molar-refractivity contribution in [3.63, 3.8) is 0 Å². The van der Waals surface area contributed by atoms with Crippen molar-refractivity contribution in [1.82, 2.24) is 10.6 Å². The van der Waals surface area contributed by atoms with Crippen LogP contribution in [0.25, 0.3) is 0 Å². The molecule has 2 atom stereocenters. The number of urea groups is 1. The Balaban J connectivity index is 1.61. The maximum Gasteiger partial charge on any atom is 0.420 e. The minimum atomic E-state index is -4.65. The zero-order valence-electron chi connectivity index (χ0n) is 20.5. The van der Waals surface area contributed by atoms with Gasteiger partial charge in [0.25, 0.3) is 0 Å². The topological polar surface area (TPSA) is 150 Å². The van der Waals surface area contributed by atoms with Crippen LogP contribution >= 0.6 is 0 Å². The van der Waals surface area contributed by atoms with Gasteiger partial charge in [0.2, 0.25) is 5.91 Å². The Morgan fingerprint density at radius 2 is 1.62 bits per heavy atom. The van der Waals surface area contributed by atoms with Gasteiger partial charge in [-0.2, -0.15) is 18.1 Å². The first kappa shape index (κ1) is 29.6. The van der Waals surface area contributed by atoms with Crippen LogP contribution in [0.15, 0.2) is 53.4 Å². The number of rotatable bonds is 8. The van der Waals surface area contributed by atoms with Gasteiger partial charge in [-0.25, -0.2) is 18.0 Å². The molecule has 10 nitrogen and oxygen atoms in total. The van der Waals surface area contributed by atoms with Gasteiger partial charge in [0.05, 0.1) is 28.4 Å². The second kappa shape index (κ2) is 12.3. The van der Waals surface area contributed by atoms with Gasteiger partial charge in [-0.15, -0.1) is 0 Å². The molecule has 0 aliphatic heterocycles. The molecule has 1 aliphatic rings. The van der Waals surface area contributed by atoms with Crippen LogP contribution < -0.4 is 15.5 Å². The van der Waals surface area contributed by atoms with E-state index in [4.69, 9.17) is 0 Å². The number of sulfone groups is 1. The Labute approximate surface area is 222 Å². The molecule has 4 amide bonds. The molecule has 0 saturated heterocycles. The van der Waals surface area contributed by atoms with Crippen molar-refractivity contribution in [2.24, 2.45) is 5.92 Å². The number of hydrogen-bond donors (Lipinski definition) is 3. The van der Waals surface area contributed by atoms with Crippen LogP contribution in [-0.2, 0) is 20.8 Å². The molecule has 39 heavy (non-hydrogen) atoms. The molecule has 1 aliphatic carbocycles. The number of carbonyl (C=O) groups excluding carboxylic acids is 3. The third-order valence-electron chi connectivity index (χ3n) is 6.31. The Bertz CT molecular complexity index is 1310. The van der Waals surface area contributed by atoms with Gasteiger partial charge in [-0.1, -0.05) is 25.0 Å². The number of hydrogen-bond acceptors (Lipinski definition) is 6. The fourth-order valence-corrected chi connectivity index (χ4v) is 6.04. The summed E-state index contributed by atoms with van der Waals surface area (Å²) in [7, 11) is -3.72. The monoisotopic (exact) mass is 569 g/mol. The number of carboxylic acid groups (broad SMARTS) is 1. The molecule has 210 valence electrons. The van der Waals surface area contributed by atoms with Crippen LogP contribution in [0.3, 0.4) is 0 Å². The summed E-state index contributed by atoms with van der Waals surface area (Å²) in [5.74, 6) is -1.35. The molecule has 3 rings (SSSR count). The highest BCUT2D eigenvalue weighted by Crippen LogP contribution is 2.31. The lowest BCUT2D eigenvalue weighted by Crippen LogP contribution is -2.50. The zero-order chi connectivity index (χ0) is 28.8. The molecule has 1 saturated carbocycles. The number of alkyl halides is 3. The van der Waals surface area contributed by atoms with Crippen molar-refractivity contribution in [3.05, 3.63) is 59.7 Å². The standard InChI is InChI=1S/C25H26F3N3O7S/c26-25(27,28)18-7-9-19(10-8-18)31(24(35)36)23(34)29-13-22(33)30-21-4-2-1-3-17(21)15-39(37,38)20-11-5-16(14-32)6-12-20/h5-12,14,17,21H,1-4,13,15H2,(H,29,34)(H,30,33)(H,35,36)/t17-,21-/m0/s1. The Kier molecular flexibility index (Phi) is 9.32. The first-order valence-electron chi connectivity index (χ1n) is 11.9. The van der Waals surface area contributed by atoms with E-state index in [1.54, 1.807) is 0 Å². The maximum atomic E-state index is 12.9. The maximum absolute atomic E-state index is 12.9. The van der Waals surface area contributed by atoms with E-state index in [9.17, 15) is 45.9 Å². The number of amides is 4. The molecule has 1 fully saturated rings. The molecule has 3 N–H and O–H groups in total. The molecule has 0 aromatic heterocycles. The van der Waals surface area contributed by atoms with E-state index in [0.29, 0.717) is 36.8 Å². The van der Waals surface area contributed by atoms with Gasteiger partial charge in [-0.3, -0.25) is 9.59 Å². The average molecular weight is 570 g/mol. The molecule has 2 aromatic carbocycles. The first-order valence-corrected chi connectivity index (χ1v) is 13.5. The van der Waals surface area contributed by atoms with Gasteiger partial charge in [0, 0.05) is 11.6 Å². The highest BCUT2D eigenvalue weighted by Gasteiger charge is 2.33. The Morgan fingerprint density at radius 3 is 2.18 bits per heavy atom. The highest BCUT2D eigenvalue weighted by atomic mass is 32.2. The lowest BCUT2D eigenvalue weighted by Gasteiger charge is -2.32. The predicted octanol–water partition coefficient (Wildman–Crippen LogP) is 3.86. The van der Waals surface area contributed by atoms with Crippen LogP contribution in [-0.4, -0.2) is 56.2 Å². The number of nitrogens with one attached hydrogen (secondary N) is 2. The van der Waals surface area contributed by atoms with E-state index < -0.39 is 58.1 Å². The predicted molar refractivity (Wildman–Crippen MR) is 133 cm³/mol. The second-order valence-corrected chi connectivity index (χ2v) is 11.0. The summed E-state index contributed by atoms with van der Waals surface area (Å²) in [5.41, 5.74) is -1.05. The fraction of sp³-hybridized carbons (Fsp3) is 0.360. The van der Waals surface area contributed by atoms with Gasteiger partial charge in [-0.05, 0) is 55.2 Å². The quantitative estimate of drug-likeness (QED) is 0.409. The Hall–Kier alpha value is -3.94. The fourth-order valence-electron chi connectivity index (χ4n) is 4.34. The van der Waals surface area contributed by atoms with E-state index in [2.05, 4.69) is 10.6 Å². The van der Waals surface area contributed by atoms with E-state index >= 15 is 0 Å². The normalized spacial score (nSPS) is 17.6. The smallest absolute Gasteiger partial charge is 0.420 e. The number of imide groups is 1. The van der Waals surface area contributed by atoms with Crippen molar-refractivity contribution in [2.75, 3.05) is 17.2 Å². The minimum Gasteiger partial charge on any atom is -0.464 e. The number of carbonyl (C=O) groups is 4. The number of halogens is 3. The largest absolute Gasteiger partial charge is 0.464 e. The van der Waals surface area contributed by atoms with Crippen molar-refractivity contribution in [2.45, 2.75) is 42.8 Å². The molecular weight excluding hydrogens is 543 g/mol. The molecular formula is C25H26F3N3O7S. The molecule has 0 heterocycles. The van der Waals surface area contributed by atoms with Gasteiger partial charge < -0.3 is 15.7 Å². The van der Waals surface area contributed by atoms with Gasteiger partial charge in [0.1, 0.15) is 6.29 Å². The van der Waals surface area contributed by atoms with Crippen LogP contribution in [0.1, 0.15) is 41.6 Å². The highest BCUT2D eigenvalue weighted by molar-refractivity contribution is 7.91. The second-order valence-electron chi connectivity index (χ2n) is 9.01. The molecule has 0 spiro atoms. The van der Waals surface area contributed by atoms with Crippen LogP contribution in [0.5, 0.6) is 0 Å². The van der Waals surface area contributed by atoms with Crippen molar-refractivity contribution < 1.29 is 45.9 Å². The summed E-state index contributed by atoms with van der Waals surface area (Å²) in [6.45, 7) is -0.646. The van der Waals surface area contributed by atoms with Crippen LogP contribution in [0.2, 0.25) is 0 Å². The first-order chi connectivity index (χ1) is 18.3. The third-order valence-corrected chi connectivity index (χ3v) is 8.17. The molecule has 2 aromatic rings. The molecule has 0 radical (unpaired) electrons. The number of anilines is 1. The SMILES string of the molecule is O=Cc1ccc(S(=O)(=O)C[C@@H]2CCCC[C@@H]2NC(=O)CNC(=O)N(C(=O)O)c2ccc(C(F)(F)F)cc2)cc1. The Morgan fingerprint density at radius 1 is 1.00 bits per heavy atom. The lowest BCUT2D eigenvalue weighted by molar-refractivity contribution is -0.137. The number of aldehydes is 1. The third kappa shape index (κ3) is 7.78. The van der Waals surface area contributed by atoms with Crippen molar-refractivity contribution >= 4 is 39.8 Å². The van der Waals surface area contributed by atoms with E-state index in [1.165, 1.54) is 24.3 Å². The minimum absolute atomic E-state index is 0.0491. The molecule has 14 heteroatoms. The number of nitrogens with zero attached hydrogens (tertiary/aromatic N) is 1. The summed E-state index contributed by atoms with van der Waals surface area (Å²) < 4.78 is 64.2. The number of benzene rings is 2. The summed E-state index contributed by atoms with van der Waals surface area (Å²) in [6, 6.07) is 6.59. The van der Waals surface area contributed by atoms with Crippen molar-refractivity contribution in [1.29, 1.82) is 0 Å². The van der Waals surface area contributed by atoms with Crippen LogP contribution in [0, 0.1) is 5.92 Å². The summed E-state index contributed by atoms with van der Waals surface area (Å²) in [6.07, 6.45) is -3.30. The van der Waals surface area contributed by atoms with Gasteiger partial charge >= 0.3 is 18.3 Å². The van der Waals surface area contributed by atoms with E-state index in [0.717, 1.165) is 25.0 Å². The van der Waals surface area contributed by atoms with Gasteiger partial charge in [0.15, 0.2) is 9.84 Å². The summed E-state index contributed by atoms with van der Waals surface area (Å²) >= 11 is 0. The van der Waals surface area contributed by atoms with Crippen molar-refractivity contribution in [3.8, 4) is 0 Å². The summed E-state index contributed by atoms with van der Waals surface area (Å²) in [5, 5.41) is 14.2. The zero-order valence-corrected chi connectivity index (χ0v) is 21.3. The van der Waals surface area contributed by atoms with E-state index in [-0.39, 0.29) is 21.2 Å². The lowest BCUT2D eigenvalue weighted by atomic mass is 9.86. The molecule has 0 bridgehead atoms. The summed E-state index contributed by atoms with van der Waals surface area (Å²) in [4.78, 5) is 47.6. The van der Waals surface area contributed by atoms with Crippen LogP contribution in [0.4, 0.5) is 28.4 Å². The van der Waals surface area contributed by atoms with E-state index in [1.807, 2.05) is 0 Å².